The van der Waals surface area contributed by atoms with Gasteiger partial charge in [0.1, 0.15) is 6.10 Å². The second-order valence-corrected chi connectivity index (χ2v) is 4.32. The third-order valence-electron chi connectivity index (χ3n) is 2.00. The van der Waals surface area contributed by atoms with E-state index in [9.17, 15) is 4.79 Å². The Labute approximate surface area is 89.9 Å². The fraction of sp³-hybridized carbons (Fsp3) is 0.900. The third kappa shape index (κ3) is 3.15. The van der Waals surface area contributed by atoms with E-state index in [4.69, 9.17) is 19.9 Å². The van der Waals surface area contributed by atoms with E-state index >= 15 is 0 Å². The van der Waals surface area contributed by atoms with Crippen LogP contribution in [0.15, 0.2) is 0 Å². The molecule has 0 saturated carbocycles. The van der Waals surface area contributed by atoms with Crippen molar-refractivity contribution >= 4 is 5.97 Å². The number of hydrogen-bond donors (Lipinski definition) is 1. The molecule has 0 aromatic rings. The molecule has 1 heterocycles. The molecule has 0 unspecified atom stereocenters. The highest BCUT2D eigenvalue weighted by Gasteiger charge is 2.45. The molecule has 1 aliphatic heterocycles. The minimum atomic E-state index is -0.773. The van der Waals surface area contributed by atoms with Crippen molar-refractivity contribution in [1.29, 1.82) is 0 Å². The van der Waals surface area contributed by atoms with Gasteiger partial charge in [-0.2, -0.15) is 0 Å². The molecule has 88 valence electrons. The van der Waals surface area contributed by atoms with Gasteiger partial charge in [-0.25, -0.2) is 4.79 Å². The maximum atomic E-state index is 11.6. The number of carbonyl (C=O) groups is 1. The number of esters is 1. The summed E-state index contributed by atoms with van der Waals surface area (Å²) in [7, 11) is 0. The first-order chi connectivity index (χ1) is 6.85. The van der Waals surface area contributed by atoms with Gasteiger partial charge in [-0.1, -0.05) is 0 Å². The first-order valence-corrected chi connectivity index (χ1v) is 5.12. The van der Waals surface area contributed by atoms with Crippen LogP contribution in [0, 0.1) is 0 Å². The smallest absolute Gasteiger partial charge is 0.338 e. The van der Waals surface area contributed by atoms with Gasteiger partial charge in [0.05, 0.1) is 6.10 Å². The zero-order chi connectivity index (χ0) is 11.6. The van der Waals surface area contributed by atoms with E-state index in [-0.39, 0.29) is 12.6 Å². The maximum absolute atomic E-state index is 11.6. The Morgan fingerprint density at radius 3 is 2.53 bits per heavy atom. The summed E-state index contributed by atoms with van der Waals surface area (Å²) in [5.41, 5.74) is 5.50. The number of rotatable bonds is 3. The van der Waals surface area contributed by atoms with Crippen molar-refractivity contribution in [1.82, 2.24) is 0 Å². The Morgan fingerprint density at radius 2 is 2.07 bits per heavy atom. The molecule has 1 fully saturated rings. The summed E-state index contributed by atoms with van der Waals surface area (Å²) < 4.78 is 16.0. The minimum absolute atomic E-state index is 0.164. The van der Waals surface area contributed by atoms with E-state index in [1.807, 2.05) is 0 Å². The lowest BCUT2D eigenvalue weighted by atomic mass is 10.2. The Hall–Kier alpha value is -0.650. The molecular weight excluding hydrogens is 198 g/mol. The quantitative estimate of drug-likeness (QED) is 0.693. The molecule has 5 nitrogen and oxygen atoms in total. The molecule has 0 aromatic heterocycles. The second-order valence-electron chi connectivity index (χ2n) is 4.32. The van der Waals surface area contributed by atoms with Crippen LogP contribution in [0.1, 0.15) is 27.7 Å². The zero-order valence-corrected chi connectivity index (χ0v) is 9.65. The van der Waals surface area contributed by atoms with Gasteiger partial charge < -0.3 is 19.9 Å². The highest BCUT2D eigenvalue weighted by atomic mass is 16.8. The Bertz CT molecular complexity index is 240. The van der Waals surface area contributed by atoms with E-state index in [1.165, 1.54) is 0 Å². The van der Waals surface area contributed by atoms with Gasteiger partial charge in [0.25, 0.3) is 0 Å². The van der Waals surface area contributed by atoms with E-state index in [1.54, 1.807) is 27.7 Å². The molecule has 0 aliphatic carbocycles. The highest BCUT2D eigenvalue weighted by Crippen LogP contribution is 2.28. The molecule has 0 spiro atoms. The summed E-state index contributed by atoms with van der Waals surface area (Å²) in [6, 6.07) is 0. The Balaban J connectivity index is 2.64. The highest BCUT2D eigenvalue weighted by molar-refractivity contribution is 5.76. The molecule has 0 radical (unpaired) electrons. The van der Waals surface area contributed by atoms with Crippen molar-refractivity contribution in [3.05, 3.63) is 0 Å². The van der Waals surface area contributed by atoms with Crippen LogP contribution in [0.2, 0.25) is 0 Å². The summed E-state index contributed by atoms with van der Waals surface area (Å²) in [6.07, 6.45) is -1.30. The monoisotopic (exact) mass is 217 g/mol. The normalized spacial score (nSPS) is 29.5. The summed E-state index contributed by atoms with van der Waals surface area (Å²) in [4.78, 5) is 11.6. The van der Waals surface area contributed by atoms with Crippen molar-refractivity contribution in [2.45, 2.75) is 51.8 Å². The topological polar surface area (TPSA) is 70.8 Å². The Kier molecular flexibility index (Phi) is 3.70. The van der Waals surface area contributed by atoms with Gasteiger partial charge in [0.2, 0.25) is 0 Å². The summed E-state index contributed by atoms with van der Waals surface area (Å²) in [5.74, 6) is -1.18. The van der Waals surface area contributed by atoms with Crippen LogP contribution in [0.25, 0.3) is 0 Å². The average molecular weight is 217 g/mol. The van der Waals surface area contributed by atoms with E-state index in [0.29, 0.717) is 0 Å². The molecule has 2 N–H and O–H groups in total. The lowest BCUT2D eigenvalue weighted by Gasteiger charge is -2.17. The molecule has 5 heteroatoms. The van der Waals surface area contributed by atoms with Crippen LogP contribution in [0.3, 0.4) is 0 Å². The molecule has 2 atom stereocenters. The Morgan fingerprint density at radius 1 is 1.47 bits per heavy atom. The lowest BCUT2D eigenvalue weighted by Crippen LogP contribution is -2.38. The summed E-state index contributed by atoms with van der Waals surface area (Å²) in [5, 5.41) is 0. The van der Waals surface area contributed by atoms with Gasteiger partial charge in [-0.05, 0) is 27.7 Å². The summed E-state index contributed by atoms with van der Waals surface area (Å²) in [6.45, 7) is 7.31. The van der Waals surface area contributed by atoms with E-state index in [2.05, 4.69) is 0 Å². The van der Waals surface area contributed by atoms with Crippen LogP contribution in [0.5, 0.6) is 0 Å². The average Bonchev–Trinajstić information content (AvgIpc) is 2.40. The SMILES string of the molecule is CC(C)OC(=O)[C@@H]1OC(C)(C)O[C@@H]1CN. The third-order valence-corrected chi connectivity index (χ3v) is 2.00. The molecule has 1 rings (SSSR count). The molecule has 0 aromatic carbocycles. The fourth-order valence-electron chi connectivity index (χ4n) is 1.51. The zero-order valence-electron chi connectivity index (χ0n) is 9.65. The van der Waals surface area contributed by atoms with Crippen LogP contribution >= 0.6 is 0 Å². The van der Waals surface area contributed by atoms with Crippen LogP contribution in [-0.4, -0.2) is 36.6 Å². The standard InChI is InChI=1S/C10H19NO4/c1-6(2)13-9(12)8-7(5-11)14-10(3,4)15-8/h6-8H,5,11H2,1-4H3/t7-,8-/m1/s1. The van der Waals surface area contributed by atoms with E-state index < -0.39 is 24.0 Å². The first-order valence-electron chi connectivity index (χ1n) is 5.12. The number of ether oxygens (including phenoxy) is 3. The van der Waals surface area contributed by atoms with Crippen LogP contribution in [0.4, 0.5) is 0 Å². The summed E-state index contributed by atoms with van der Waals surface area (Å²) >= 11 is 0. The lowest BCUT2D eigenvalue weighted by molar-refractivity contribution is -0.173. The molecule has 0 bridgehead atoms. The van der Waals surface area contributed by atoms with Crippen molar-refractivity contribution in [3.63, 3.8) is 0 Å². The predicted octanol–water partition coefficient (Wildman–Crippen LogP) is 0.417. The minimum Gasteiger partial charge on any atom is -0.461 e. The molecule has 1 saturated heterocycles. The van der Waals surface area contributed by atoms with Crippen LogP contribution in [-0.2, 0) is 19.0 Å². The van der Waals surface area contributed by atoms with Crippen molar-refractivity contribution in [2.75, 3.05) is 6.54 Å². The van der Waals surface area contributed by atoms with Gasteiger partial charge in [-0.3, -0.25) is 0 Å². The van der Waals surface area contributed by atoms with Gasteiger partial charge in [0, 0.05) is 6.54 Å². The first kappa shape index (κ1) is 12.4. The van der Waals surface area contributed by atoms with Gasteiger partial charge >= 0.3 is 5.97 Å². The predicted molar refractivity (Wildman–Crippen MR) is 54.1 cm³/mol. The van der Waals surface area contributed by atoms with E-state index in [0.717, 1.165) is 0 Å². The molecule has 1 aliphatic rings. The molecule has 0 amide bonds. The molecule has 15 heavy (non-hydrogen) atoms. The largest absolute Gasteiger partial charge is 0.461 e. The number of nitrogens with two attached hydrogens (primary N) is 1. The van der Waals surface area contributed by atoms with Gasteiger partial charge in [-0.15, -0.1) is 0 Å². The number of hydrogen-bond acceptors (Lipinski definition) is 5. The van der Waals surface area contributed by atoms with Crippen molar-refractivity contribution < 1.29 is 19.0 Å². The van der Waals surface area contributed by atoms with Crippen molar-refractivity contribution in [3.8, 4) is 0 Å². The number of carbonyl (C=O) groups excluding carboxylic acids is 1. The van der Waals surface area contributed by atoms with Gasteiger partial charge in [0.15, 0.2) is 11.9 Å². The molecular formula is C10H19NO4. The van der Waals surface area contributed by atoms with Crippen LogP contribution < -0.4 is 5.73 Å². The fourth-order valence-corrected chi connectivity index (χ4v) is 1.51. The van der Waals surface area contributed by atoms with Crippen molar-refractivity contribution in [2.24, 2.45) is 5.73 Å². The second kappa shape index (κ2) is 4.47. The maximum Gasteiger partial charge on any atom is 0.338 e.